The largest absolute Gasteiger partial charge is 0.308 e. The molecule has 0 N–H and O–H groups in total. The number of halogens is 1. The average Bonchev–Trinajstić information content (AvgIpc) is 1.93. The van der Waals surface area contributed by atoms with Crippen LogP contribution in [0.4, 0.5) is 4.39 Å². The standard InChI is InChI=1S/C6H10FNO3/c7-5-3-1-2-4-6(5)11-8(9)10/h5-6H,1-4H2/t5-,6-/m1/s1. The molecule has 1 saturated carbocycles. The van der Waals surface area contributed by atoms with Crippen LogP contribution in [0, 0.1) is 10.1 Å². The van der Waals surface area contributed by atoms with Crippen molar-refractivity contribution in [1.29, 1.82) is 0 Å². The molecule has 64 valence electrons. The van der Waals surface area contributed by atoms with E-state index in [9.17, 15) is 14.5 Å². The molecule has 0 heterocycles. The highest BCUT2D eigenvalue weighted by atomic mass is 19.1. The summed E-state index contributed by atoms with van der Waals surface area (Å²) in [6.45, 7) is 0. The highest BCUT2D eigenvalue weighted by Crippen LogP contribution is 2.23. The molecule has 0 unspecified atom stereocenters. The van der Waals surface area contributed by atoms with Crippen molar-refractivity contribution in [2.45, 2.75) is 38.0 Å². The maximum absolute atomic E-state index is 12.8. The van der Waals surface area contributed by atoms with Crippen LogP contribution < -0.4 is 0 Å². The monoisotopic (exact) mass is 163 g/mol. The minimum absolute atomic E-state index is 0.387. The fourth-order valence-electron chi connectivity index (χ4n) is 1.28. The Balaban J connectivity index is 2.35. The molecule has 4 nitrogen and oxygen atoms in total. The lowest BCUT2D eigenvalue weighted by atomic mass is 9.96. The molecule has 0 spiro atoms. The van der Waals surface area contributed by atoms with Gasteiger partial charge in [-0.25, -0.2) is 4.39 Å². The van der Waals surface area contributed by atoms with E-state index in [0.29, 0.717) is 12.8 Å². The van der Waals surface area contributed by atoms with Crippen molar-refractivity contribution in [3.8, 4) is 0 Å². The first-order valence-electron chi connectivity index (χ1n) is 3.65. The summed E-state index contributed by atoms with van der Waals surface area (Å²) in [5.74, 6) is 0. The second kappa shape index (κ2) is 3.50. The molecule has 1 rings (SSSR count). The van der Waals surface area contributed by atoms with Gasteiger partial charge in [-0.1, -0.05) is 12.8 Å². The highest BCUT2D eigenvalue weighted by Gasteiger charge is 2.27. The van der Waals surface area contributed by atoms with Crippen molar-refractivity contribution in [2.24, 2.45) is 0 Å². The van der Waals surface area contributed by atoms with E-state index in [2.05, 4.69) is 4.84 Å². The summed E-state index contributed by atoms with van der Waals surface area (Å²) >= 11 is 0. The zero-order chi connectivity index (χ0) is 8.27. The number of hydrogen-bond donors (Lipinski definition) is 0. The Kier molecular flexibility index (Phi) is 2.62. The molecule has 0 bridgehead atoms. The van der Waals surface area contributed by atoms with Crippen LogP contribution >= 0.6 is 0 Å². The quantitative estimate of drug-likeness (QED) is 0.457. The minimum Gasteiger partial charge on any atom is -0.308 e. The Morgan fingerprint density at radius 2 is 2.09 bits per heavy atom. The molecule has 5 heteroatoms. The van der Waals surface area contributed by atoms with Gasteiger partial charge in [0.05, 0.1) is 0 Å². The summed E-state index contributed by atoms with van der Waals surface area (Å²) in [5.41, 5.74) is 0. The molecular formula is C6H10FNO3. The number of alkyl halides is 1. The lowest BCUT2D eigenvalue weighted by molar-refractivity contribution is -0.770. The van der Waals surface area contributed by atoms with E-state index in [1.54, 1.807) is 0 Å². The van der Waals surface area contributed by atoms with Gasteiger partial charge in [0.25, 0.3) is 5.09 Å². The fraction of sp³-hybridized carbons (Fsp3) is 1.00. The second-order valence-electron chi connectivity index (χ2n) is 2.67. The topological polar surface area (TPSA) is 52.4 Å². The van der Waals surface area contributed by atoms with Crippen molar-refractivity contribution in [3.63, 3.8) is 0 Å². The van der Waals surface area contributed by atoms with Crippen LogP contribution in [0.5, 0.6) is 0 Å². The van der Waals surface area contributed by atoms with E-state index in [-0.39, 0.29) is 0 Å². The molecule has 0 aromatic carbocycles. The molecule has 1 aliphatic carbocycles. The highest BCUT2D eigenvalue weighted by molar-refractivity contribution is 4.73. The van der Waals surface area contributed by atoms with E-state index in [1.807, 2.05) is 0 Å². The predicted molar refractivity (Wildman–Crippen MR) is 35.2 cm³/mol. The first-order valence-corrected chi connectivity index (χ1v) is 3.65. The molecule has 0 amide bonds. The summed E-state index contributed by atoms with van der Waals surface area (Å²) < 4.78 is 12.8. The van der Waals surface area contributed by atoms with Crippen LogP contribution in [-0.4, -0.2) is 17.4 Å². The van der Waals surface area contributed by atoms with Gasteiger partial charge in [-0.2, -0.15) is 0 Å². The zero-order valence-corrected chi connectivity index (χ0v) is 6.03. The average molecular weight is 163 g/mol. The summed E-state index contributed by atoms with van der Waals surface area (Å²) in [5, 5.41) is 8.92. The molecule has 2 atom stereocenters. The zero-order valence-electron chi connectivity index (χ0n) is 6.03. The van der Waals surface area contributed by atoms with E-state index in [0.717, 1.165) is 12.8 Å². The van der Waals surface area contributed by atoms with Crippen LogP contribution in [0.2, 0.25) is 0 Å². The summed E-state index contributed by atoms with van der Waals surface area (Å²) in [6.07, 6.45) is 0.492. The third kappa shape index (κ3) is 2.32. The molecule has 0 aliphatic heterocycles. The first kappa shape index (κ1) is 8.23. The van der Waals surface area contributed by atoms with Gasteiger partial charge in [-0.05, 0) is 12.8 Å². The number of nitrogens with zero attached hydrogens (tertiary/aromatic N) is 1. The third-order valence-electron chi connectivity index (χ3n) is 1.84. The van der Waals surface area contributed by atoms with Crippen LogP contribution in [0.1, 0.15) is 25.7 Å². The maximum Gasteiger partial charge on any atom is 0.294 e. The summed E-state index contributed by atoms with van der Waals surface area (Å²) in [6, 6.07) is 0. The van der Waals surface area contributed by atoms with E-state index in [1.165, 1.54) is 0 Å². The predicted octanol–water partition coefficient (Wildman–Crippen LogP) is 1.48. The van der Waals surface area contributed by atoms with Crippen molar-refractivity contribution in [3.05, 3.63) is 10.1 Å². The van der Waals surface area contributed by atoms with Gasteiger partial charge < -0.3 is 4.84 Å². The Labute approximate surface area is 63.4 Å². The molecule has 0 aromatic heterocycles. The van der Waals surface area contributed by atoms with Crippen molar-refractivity contribution in [1.82, 2.24) is 0 Å². The molecular weight excluding hydrogens is 153 g/mol. The lowest BCUT2D eigenvalue weighted by Gasteiger charge is -2.23. The number of hydrogen-bond acceptors (Lipinski definition) is 3. The van der Waals surface area contributed by atoms with Crippen LogP contribution in [0.3, 0.4) is 0 Å². The molecule has 11 heavy (non-hydrogen) atoms. The maximum atomic E-state index is 12.8. The van der Waals surface area contributed by atoms with Crippen molar-refractivity contribution >= 4 is 0 Å². The molecule has 1 fully saturated rings. The SMILES string of the molecule is O=[N+]([O-])O[C@@H]1CCCC[C@H]1F. The smallest absolute Gasteiger partial charge is 0.294 e. The summed E-state index contributed by atoms with van der Waals surface area (Å²) in [4.78, 5) is 14.0. The van der Waals surface area contributed by atoms with Gasteiger partial charge in [0.15, 0.2) is 0 Å². The molecule has 1 aliphatic rings. The van der Waals surface area contributed by atoms with Gasteiger partial charge in [0.1, 0.15) is 12.3 Å². The molecule has 0 aromatic rings. The van der Waals surface area contributed by atoms with E-state index >= 15 is 0 Å². The van der Waals surface area contributed by atoms with Crippen LogP contribution in [-0.2, 0) is 4.84 Å². The summed E-state index contributed by atoms with van der Waals surface area (Å²) in [7, 11) is 0. The number of rotatable bonds is 2. The fourth-order valence-corrected chi connectivity index (χ4v) is 1.28. The Morgan fingerprint density at radius 1 is 1.45 bits per heavy atom. The molecule has 0 saturated heterocycles. The van der Waals surface area contributed by atoms with Gasteiger partial charge >= 0.3 is 0 Å². The molecule has 0 radical (unpaired) electrons. The van der Waals surface area contributed by atoms with Crippen LogP contribution in [0.15, 0.2) is 0 Å². The van der Waals surface area contributed by atoms with Crippen molar-refractivity contribution in [2.75, 3.05) is 0 Å². The minimum atomic E-state index is -1.16. The third-order valence-corrected chi connectivity index (χ3v) is 1.84. The van der Waals surface area contributed by atoms with Gasteiger partial charge in [-0.15, -0.1) is 10.1 Å². The van der Waals surface area contributed by atoms with E-state index < -0.39 is 17.4 Å². The van der Waals surface area contributed by atoms with Crippen molar-refractivity contribution < 1.29 is 14.3 Å². The second-order valence-corrected chi connectivity index (χ2v) is 2.67. The van der Waals surface area contributed by atoms with Gasteiger partial charge in [0.2, 0.25) is 0 Å². The Morgan fingerprint density at radius 3 is 2.64 bits per heavy atom. The van der Waals surface area contributed by atoms with Crippen LogP contribution in [0.25, 0.3) is 0 Å². The van der Waals surface area contributed by atoms with E-state index in [4.69, 9.17) is 0 Å². The Bertz CT molecular complexity index is 153. The normalized spacial score (nSPS) is 31.4. The first-order chi connectivity index (χ1) is 5.20. The van der Waals surface area contributed by atoms with Gasteiger partial charge in [-0.3, -0.25) is 0 Å². The van der Waals surface area contributed by atoms with Gasteiger partial charge in [0, 0.05) is 0 Å². The Hall–Kier alpha value is -0.870. The lowest BCUT2D eigenvalue weighted by Crippen LogP contribution is -2.30.